The van der Waals surface area contributed by atoms with Crippen LogP contribution in [0.15, 0.2) is 54.2 Å². The first-order valence-corrected chi connectivity index (χ1v) is 11.9. The molecule has 3 rings (SSSR count). The second-order valence-electron chi connectivity index (χ2n) is 7.15. The van der Waals surface area contributed by atoms with E-state index in [9.17, 15) is 9.59 Å². The lowest BCUT2D eigenvalue weighted by Crippen LogP contribution is -2.25. The van der Waals surface area contributed by atoms with Gasteiger partial charge in [0, 0.05) is 11.6 Å². The first-order valence-electron chi connectivity index (χ1n) is 10.2. The van der Waals surface area contributed by atoms with Crippen LogP contribution in [0.2, 0.25) is 10.0 Å². The molecule has 0 aliphatic rings. The Morgan fingerprint density at radius 3 is 2.71 bits per heavy atom. The smallest absolute Gasteiger partial charge is 0.253 e. The summed E-state index contributed by atoms with van der Waals surface area (Å²) in [7, 11) is 1.55. The quantitative estimate of drug-likeness (QED) is 0.296. The SMILES string of the molecule is C=CCn1c(CNC(=O)c2ccc(Cl)cc2Cl)nnc1SCC(=O)Nc1cc(C)ccc1OC. The molecule has 0 aliphatic heterocycles. The van der Waals surface area contributed by atoms with Crippen LogP contribution in [0.1, 0.15) is 21.7 Å². The van der Waals surface area contributed by atoms with Gasteiger partial charge in [0.2, 0.25) is 5.91 Å². The summed E-state index contributed by atoms with van der Waals surface area (Å²) in [6.45, 7) is 6.23. The van der Waals surface area contributed by atoms with Crippen LogP contribution in [-0.2, 0) is 17.9 Å². The Kier molecular flexibility index (Phi) is 8.98. The van der Waals surface area contributed by atoms with E-state index >= 15 is 0 Å². The molecule has 34 heavy (non-hydrogen) atoms. The van der Waals surface area contributed by atoms with Gasteiger partial charge in [0.1, 0.15) is 5.75 Å². The molecule has 0 unspecified atom stereocenters. The zero-order valence-corrected chi connectivity index (χ0v) is 20.9. The second kappa shape index (κ2) is 11.9. The van der Waals surface area contributed by atoms with Crippen molar-refractivity contribution < 1.29 is 14.3 Å². The lowest BCUT2D eigenvalue weighted by Gasteiger charge is -2.11. The van der Waals surface area contributed by atoms with Gasteiger partial charge in [-0.2, -0.15) is 0 Å². The maximum Gasteiger partial charge on any atom is 0.253 e. The molecule has 0 saturated carbocycles. The van der Waals surface area contributed by atoms with E-state index in [0.29, 0.717) is 39.5 Å². The van der Waals surface area contributed by atoms with Crippen molar-refractivity contribution >= 4 is 52.5 Å². The monoisotopic (exact) mass is 519 g/mol. The van der Waals surface area contributed by atoms with Gasteiger partial charge in [-0.15, -0.1) is 16.8 Å². The number of methoxy groups -OCH3 is 1. The predicted molar refractivity (Wildman–Crippen MR) is 135 cm³/mol. The number of rotatable bonds is 10. The number of benzene rings is 2. The van der Waals surface area contributed by atoms with Gasteiger partial charge in [0.15, 0.2) is 11.0 Å². The molecule has 0 aliphatic carbocycles. The maximum absolute atomic E-state index is 12.5. The number of thioether (sulfide) groups is 1. The Hall–Kier alpha value is -3.01. The number of halogens is 2. The number of aryl methyl sites for hydroxylation is 1. The molecule has 178 valence electrons. The fraction of sp³-hybridized carbons (Fsp3) is 0.217. The Balaban J connectivity index is 1.64. The number of carbonyl (C=O) groups excluding carboxylic acids is 2. The van der Waals surface area contributed by atoms with E-state index < -0.39 is 0 Å². The van der Waals surface area contributed by atoms with Crippen LogP contribution in [0.3, 0.4) is 0 Å². The average Bonchev–Trinajstić information content (AvgIpc) is 3.18. The molecule has 0 bridgehead atoms. The molecule has 1 heterocycles. The minimum atomic E-state index is -0.365. The third-order valence-corrected chi connectivity index (χ3v) is 6.16. The highest BCUT2D eigenvalue weighted by Crippen LogP contribution is 2.26. The summed E-state index contributed by atoms with van der Waals surface area (Å²) in [5, 5.41) is 15.2. The lowest BCUT2D eigenvalue weighted by molar-refractivity contribution is -0.113. The number of hydrogen-bond acceptors (Lipinski definition) is 6. The summed E-state index contributed by atoms with van der Waals surface area (Å²) in [4.78, 5) is 25.0. The molecule has 1 aromatic heterocycles. The predicted octanol–water partition coefficient (Wildman–Crippen LogP) is 4.75. The number of aromatic nitrogens is 3. The zero-order chi connectivity index (χ0) is 24.7. The van der Waals surface area contributed by atoms with Crippen molar-refractivity contribution in [3.63, 3.8) is 0 Å². The van der Waals surface area contributed by atoms with Crippen LogP contribution in [0.4, 0.5) is 5.69 Å². The van der Waals surface area contributed by atoms with Crippen LogP contribution in [0, 0.1) is 6.92 Å². The maximum atomic E-state index is 12.5. The molecular formula is C23H23Cl2N5O3S. The van der Waals surface area contributed by atoms with Crippen molar-refractivity contribution in [2.75, 3.05) is 18.2 Å². The van der Waals surface area contributed by atoms with Crippen molar-refractivity contribution in [3.8, 4) is 5.75 Å². The Bertz CT molecular complexity index is 1220. The molecule has 8 nitrogen and oxygen atoms in total. The number of hydrogen-bond donors (Lipinski definition) is 2. The highest BCUT2D eigenvalue weighted by atomic mass is 35.5. The summed E-state index contributed by atoms with van der Waals surface area (Å²) < 4.78 is 7.08. The number of amides is 2. The second-order valence-corrected chi connectivity index (χ2v) is 8.93. The fourth-order valence-corrected chi connectivity index (χ4v) is 4.29. The lowest BCUT2D eigenvalue weighted by atomic mass is 10.2. The van der Waals surface area contributed by atoms with E-state index in [4.69, 9.17) is 27.9 Å². The zero-order valence-electron chi connectivity index (χ0n) is 18.6. The Morgan fingerprint density at radius 2 is 2.00 bits per heavy atom. The van der Waals surface area contributed by atoms with Gasteiger partial charge in [-0.3, -0.25) is 9.59 Å². The van der Waals surface area contributed by atoms with Crippen LogP contribution in [0.5, 0.6) is 5.75 Å². The van der Waals surface area contributed by atoms with Crippen molar-refractivity contribution in [1.82, 2.24) is 20.1 Å². The summed E-state index contributed by atoms with van der Waals surface area (Å²) in [5.41, 5.74) is 1.91. The van der Waals surface area contributed by atoms with E-state index in [1.165, 1.54) is 17.8 Å². The molecule has 2 amide bonds. The van der Waals surface area contributed by atoms with Crippen molar-refractivity contribution in [2.45, 2.75) is 25.2 Å². The van der Waals surface area contributed by atoms with Gasteiger partial charge in [-0.05, 0) is 42.8 Å². The number of ether oxygens (including phenoxy) is 1. The first-order chi connectivity index (χ1) is 16.3. The number of anilines is 1. The molecule has 2 aromatic carbocycles. The van der Waals surface area contributed by atoms with Gasteiger partial charge >= 0.3 is 0 Å². The molecule has 3 aromatic rings. The molecule has 0 saturated heterocycles. The van der Waals surface area contributed by atoms with Gasteiger partial charge in [-0.25, -0.2) is 0 Å². The number of carbonyl (C=O) groups is 2. The van der Waals surface area contributed by atoms with Crippen molar-refractivity contribution in [3.05, 3.63) is 76.0 Å². The van der Waals surface area contributed by atoms with E-state index in [-0.39, 0.29) is 29.1 Å². The molecule has 2 N–H and O–H groups in total. The average molecular weight is 520 g/mol. The van der Waals surface area contributed by atoms with Gasteiger partial charge in [0.05, 0.1) is 35.7 Å². The summed E-state index contributed by atoms with van der Waals surface area (Å²) in [6, 6.07) is 10.2. The number of allylic oxidation sites excluding steroid dienone is 1. The fourth-order valence-electron chi connectivity index (χ4n) is 3.03. The van der Waals surface area contributed by atoms with Crippen LogP contribution < -0.4 is 15.4 Å². The van der Waals surface area contributed by atoms with Crippen LogP contribution >= 0.6 is 35.0 Å². The van der Waals surface area contributed by atoms with Gasteiger partial charge in [-0.1, -0.05) is 47.1 Å². The van der Waals surface area contributed by atoms with Gasteiger partial charge in [0.25, 0.3) is 5.91 Å². The van der Waals surface area contributed by atoms with Crippen LogP contribution in [-0.4, -0.2) is 39.4 Å². The largest absolute Gasteiger partial charge is 0.495 e. The minimum Gasteiger partial charge on any atom is -0.495 e. The molecule has 0 fully saturated rings. The van der Waals surface area contributed by atoms with Gasteiger partial charge < -0.3 is 19.9 Å². The van der Waals surface area contributed by atoms with Crippen molar-refractivity contribution in [1.29, 1.82) is 0 Å². The molecule has 0 atom stereocenters. The highest BCUT2D eigenvalue weighted by molar-refractivity contribution is 7.99. The normalized spacial score (nSPS) is 10.6. The van der Waals surface area contributed by atoms with E-state index in [1.54, 1.807) is 36.0 Å². The number of nitrogens with one attached hydrogen (secondary N) is 2. The Morgan fingerprint density at radius 1 is 1.21 bits per heavy atom. The molecular weight excluding hydrogens is 497 g/mol. The highest BCUT2D eigenvalue weighted by Gasteiger charge is 2.17. The van der Waals surface area contributed by atoms with E-state index in [1.807, 2.05) is 19.1 Å². The summed E-state index contributed by atoms with van der Waals surface area (Å²) in [6.07, 6.45) is 1.69. The van der Waals surface area contributed by atoms with Crippen molar-refractivity contribution in [2.24, 2.45) is 0 Å². The minimum absolute atomic E-state index is 0.110. The Labute approximate surface area is 211 Å². The third-order valence-electron chi connectivity index (χ3n) is 4.65. The summed E-state index contributed by atoms with van der Waals surface area (Å²) in [5.74, 6) is 0.628. The van der Waals surface area contributed by atoms with Crippen LogP contribution in [0.25, 0.3) is 0 Å². The third kappa shape index (κ3) is 6.53. The number of nitrogens with zero attached hydrogens (tertiary/aromatic N) is 3. The summed E-state index contributed by atoms with van der Waals surface area (Å²) >= 11 is 13.2. The molecule has 0 radical (unpaired) electrons. The molecule has 11 heteroatoms. The topological polar surface area (TPSA) is 98.1 Å². The van der Waals surface area contributed by atoms with E-state index in [2.05, 4.69) is 27.4 Å². The standard InChI is InChI=1S/C23H23Cl2N5O3S/c1-4-9-30-20(12-26-22(32)16-7-6-15(24)11-17(16)25)28-29-23(30)34-13-21(31)27-18-10-14(2)5-8-19(18)33-3/h4-8,10-11H,1,9,12-13H2,2-3H3,(H,26,32)(H,27,31). The molecule has 0 spiro atoms. The van der Waals surface area contributed by atoms with E-state index in [0.717, 1.165) is 5.56 Å². The first kappa shape index (κ1) is 25.6.